The lowest BCUT2D eigenvalue weighted by Gasteiger charge is -2.25. The molecule has 0 aromatic carbocycles. The molecule has 0 spiro atoms. The van der Waals surface area contributed by atoms with E-state index in [2.05, 4.69) is 53.4 Å². The Morgan fingerprint density at radius 1 is 0.944 bits per heavy atom. The third-order valence-corrected chi connectivity index (χ3v) is 3.22. The van der Waals surface area contributed by atoms with Crippen LogP contribution in [0.4, 0.5) is 0 Å². The molecule has 0 fully saturated rings. The molecule has 0 amide bonds. The standard InChI is InChI=1S/C15H19N3/c1-3-18-15(14-6-10-17-11-7-14)12(2)13-4-8-16-9-5-13/h4-12,15,18H,3H2,1-2H3. The van der Waals surface area contributed by atoms with Gasteiger partial charge in [0, 0.05) is 36.7 Å². The van der Waals surface area contributed by atoms with Crippen LogP contribution in [0.1, 0.15) is 36.9 Å². The van der Waals surface area contributed by atoms with E-state index in [0.717, 1.165) is 6.54 Å². The number of nitrogens with one attached hydrogen (secondary N) is 1. The third-order valence-electron chi connectivity index (χ3n) is 3.22. The second-order valence-corrected chi connectivity index (χ2v) is 4.39. The fraction of sp³-hybridized carbons (Fsp3) is 0.333. The van der Waals surface area contributed by atoms with E-state index in [1.807, 2.05) is 24.8 Å². The van der Waals surface area contributed by atoms with Crippen molar-refractivity contribution in [1.29, 1.82) is 0 Å². The fourth-order valence-electron chi connectivity index (χ4n) is 2.23. The summed E-state index contributed by atoms with van der Waals surface area (Å²) >= 11 is 0. The first-order chi connectivity index (χ1) is 8.83. The van der Waals surface area contributed by atoms with Crippen molar-refractivity contribution >= 4 is 0 Å². The lowest BCUT2D eigenvalue weighted by molar-refractivity contribution is 0.478. The number of likely N-dealkylation sites (N-methyl/N-ethyl adjacent to an activating group) is 1. The van der Waals surface area contributed by atoms with Crippen molar-refractivity contribution in [1.82, 2.24) is 15.3 Å². The van der Waals surface area contributed by atoms with E-state index >= 15 is 0 Å². The van der Waals surface area contributed by atoms with Gasteiger partial charge in [0.2, 0.25) is 0 Å². The van der Waals surface area contributed by atoms with Crippen LogP contribution in [0.5, 0.6) is 0 Å². The van der Waals surface area contributed by atoms with Crippen LogP contribution in [0.2, 0.25) is 0 Å². The van der Waals surface area contributed by atoms with Gasteiger partial charge in [-0.3, -0.25) is 9.97 Å². The summed E-state index contributed by atoms with van der Waals surface area (Å²) in [4.78, 5) is 8.16. The normalized spacial score (nSPS) is 14.1. The summed E-state index contributed by atoms with van der Waals surface area (Å²) in [6.45, 7) is 5.32. The number of nitrogens with zero attached hydrogens (tertiary/aromatic N) is 2. The largest absolute Gasteiger partial charge is 0.310 e. The molecular formula is C15H19N3. The summed E-state index contributed by atoms with van der Waals surface area (Å²) in [7, 11) is 0. The smallest absolute Gasteiger partial charge is 0.0387 e. The summed E-state index contributed by atoms with van der Waals surface area (Å²) in [6, 6.07) is 8.61. The average Bonchev–Trinajstić information content (AvgIpc) is 2.46. The highest BCUT2D eigenvalue weighted by molar-refractivity contribution is 5.24. The maximum absolute atomic E-state index is 4.08. The van der Waals surface area contributed by atoms with Crippen LogP contribution < -0.4 is 5.32 Å². The van der Waals surface area contributed by atoms with Crippen LogP contribution in [0.25, 0.3) is 0 Å². The van der Waals surface area contributed by atoms with Gasteiger partial charge in [-0.1, -0.05) is 13.8 Å². The topological polar surface area (TPSA) is 37.8 Å². The zero-order valence-corrected chi connectivity index (χ0v) is 10.9. The van der Waals surface area contributed by atoms with Crippen molar-refractivity contribution in [2.24, 2.45) is 0 Å². The van der Waals surface area contributed by atoms with Crippen LogP contribution in [0, 0.1) is 0 Å². The number of pyridine rings is 2. The lowest BCUT2D eigenvalue weighted by atomic mass is 9.89. The Hall–Kier alpha value is -1.74. The molecule has 3 nitrogen and oxygen atoms in total. The summed E-state index contributed by atoms with van der Waals surface area (Å²) in [5.74, 6) is 0.398. The Kier molecular flexibility index (Phi) is 4.42. The Bertz CT molecular complexity index is 456. The highest BCUT2D eigenvalue weighted by atomic mass is 14.9. The van der Waals surface area contributed by atoms with E-state index in [4.69, 9.17) is 0 Å². The van der Waals surface area contributed by atoms with Gasteiger partial charge in [0.15, 0.2) is 0 Å². The minimum absolute atomic E-state index is 0.306. The first kappa shape index (κ1) is 12.7. The Labute approximate surface area is 108 Å². The maximum Gasteiger partial charge on any atom is 0.0387 e. The minimum atomic E-state index is 0.306. The number of rotatable bonds is 5. The van der Waals surface area contributed by atoms with Crippen molar-refractivity contribution in [2.45, 2.75) is 25.8 Å². The zero-order chi connectivity index (χ0) is 12.8. The van der Waals surface area contributed by atoms with E-state index in [-0.39, 0.29) is 0 Å². The zero-order valence-electron chi connectivity index (χ0n) is 10.9. The SMILES string of the molecule is CCNC(c1ccncc1)C(C)c1ccncc1. The van der Waals surface area contributed by atoms with Crippen LogP contribution in [0.15, 0.2) is 49.1 Å². The molecule has 3 heteroatoms. The van der Waals surface area contributed by atoms with Crippen molar-refractivity contribution in [3.8, 4) is 0 Å². The Balaban J connectivity index is 2.26. The molecule has 2 aromatic rings. The number of aromatic nitrogens is 2. The summed E-state index contributed by atoms with van der Waals surface area (Å²) in [6.07, 6.45) is 7.39. The monoisotopic (exact) mass is 241 g/mol. The van der Waals surface area contributed by atoms with Crippen molar-refractivity contribution in [3.63, 3.8) is 0 Å². The average molecular weight is 241 g/mol. The molecule has 1 N–H and O–H groups in total. The van der Waals surface area contributed by atoms with Crippen LogP contribution in [0.3, 0.4) is 0 Å². The van der Waals surface area contributed by atoms with Crippen LogP contribution in [-0.2, 0) is 0 Å². The van der Waals surface area contributed by atoms with E-state index in [0.29, 0.717) is 12.0 Å². The molecule has 2 atom stereocenters. The van der Waals surface area contributed by atoms with E-state index in [9.17, 15) is 0 Å². The quantitative estimate of drug-likeness (QED) is 0.874. The van der Waals surface area contributed by atoms with Crippen LogP contribution >= 0.6 is 0 Å². The van der Waals surface area contributed by atoms with Gasteiger partial charge < -0.3 is 5.32 Å². The molecule has 0 aliphatic rings. The molecule has 2 rings (SSSR count). The maximum atomic E-state index is 4.08. The van der Waals surface area contributed by atoms with Crippen molar-refractivity contribution in [2.75, 3.05) is 6.54 Å². The summed E-state index contributed by atoms with van der Waals surface area (Å²) in [5, 5.41) is 3.55. The summed E-state index contributed by atoms with van der Waals surface area (Å²) in [5.41, 5.74) is 2.57. The van der Waals surface area contributed by atoms with E-state index < -0.39 is 0 Å². The molecule has 2 aromatic heterocycles. The molecule has 2 heterocycles. The first-order valence-electron chi connectivity index (χ1n) is 6.36. The van der Waals surface area contributed by atoms with Crippen LogP contribution in [-0.4, -0.2) is 16.5 Å². The van der Waals surface area contributed by atoms with Gasteiger partial charge in [-0.05, 0) is 41.9 Å². The predicted molar refractivity (Wildman–Crippen MR) is 73.3 cm³/mol. The molecular weight excluding hydrogens is 222 g/mol. The van der Waals surface area contributed by atoms with Gasteiger partial charge in [-0.15, -0.1) is 0 Å². The molecule has 94 valence electrons. The fourth-order valence-corrected chi connectivity index (χ4v) is 2.23. The molecule has 0 bridgehead atoms. The van der Waals surface area contributed by atoms with Gasteiger partial charge in [-0.25, -0.2) is 0 Å². The lowest BCUT2D eigenvalue weighted by Crippen LogP contribution is -2.25. The van der Waals surface area contributed by atoms with Gasteiger partial charge in [0.05, 0.1) is 0 Å². The first-order valence-corrected chi connectivity index (χ1v) is 6.36. The van der Waals surface area contributed by atoms with Crippen molar-refractivity contribution < 1.29 is 0 Å². The van der Waals surface area contributed by atoms with Gasteiger partial charge in [0.1, 0.15) is 0 Å². The van der Waals surface area contributed by atoms with Gasteiger partial charge >= 0.3 is 0 Å². The minimum Gasteiger partial charge on any atom is -0.310 e. The Morgan fingerprint density at radius 3 is 1.94 bits per heavy atom. The Morgan fingerprint density at radius 2 is 1.44 bits per heavy atom. The summed E-state index contributed by atoms with van der Waals surface area (Å²) < 4.78 is 0. The third kappa shape index (κ3) is 2.93. The molecule has 2 unspecified atom stereocenters. The molecule has 0 radical (unpaired) electrons. The van der Waals surface area contributed by atoms with E-state index in [1.165, 1.54) is 11.1 Å². The second kappa shape index (κ2) is 6.26. The highest BCUT2D eigenvalue weighted by Crippen LogP contribution is 2.29. The van der Waals surface area contributed by atoms with Gasteiger partial charge in [-0.2, -0.15) is 0 Å². The molecule has 0 aliphatic carbocycles. The van der Waals surface area contributed by atoms with Crippen molar-refractivity contribution in [3.05, 3.63) is 60.2 Å². The molecule has 18 heavy (non-hydrogen) atoms. The highest BCUT2D eigenvalue weighted by Gasteiger charge is 2.19. The number of hydrogen-bond donors (Lipinski definition) is 1. The molecule has 0 aliphatic heterocycles. The second-order valence-electron chi connectivity index (χ2n) is 4.39. The predicted octanol–water partition coefficient (Wildman–Crippen LogP) is 2.93. The van der Waals surface area contributed by atoms with E-state index in [1.54, 1.807) is 0 Å². The molecule has 0 saturated carbocycles. The molecule has 0 saturated heterocycles. The van der Waals surface area contributed by atoms with Gasteiger partial charge in [0.25, 0.3) is 0 Å². The number of hydrogen-bond acceptors (Lipinski definition) is 3.